The van der Waals surface area contributed by atoms with Gasteiger partial charge in [0, 0.05) is 121 Å². The first kappa shape index (κ1) is 74.9. The van der Waals surface area contributed by atoms with Crippen molar-refractivity contribution in [3.8, 4) is 0 Å². The molecule has 0 saturated carbocycles. The summed E-state index contributed by atoms with van der Waals surface area (Å²) < 4.78 is 166. The minimum atomic E-state index is -1.15. The van der Waals surface area contributed by atoms with Crippen LogP contribution in [0.25, 0.3) is 0 Å². The summed E-state index contributed by atoms with van der Waals surface area (Å²) in [5, 5.41) is 16.7. The molecule has 30 unspecified atom stereocenters. The second kappa shape index (κ2) is 35.5. The van der Waals surface area contributed by atoms with E-state index in [1.807, 2.05) is 0 Å². The lowest BCUT2D eigenvalue weighted by atomic mass is 9.93. The maximum absolute atomic E-state index is 13.7. The molecule has 0 aliphatic carbocycles. The highest BCUT2D eigenvalue weighted by atomic mass is 16.8. The minimum Gasteiger partial charge on any atom is -0.394 e. The highest BCUT2D eigenvalue weighted by molar-refractivity contribution is 5.75. The van der Waals surface area contributed by atoms with E-state index in [1.165, 1.54) is 114 Å². The summed E-state index contributed by atoms with van der Waals surface area (Å²) in [6.45, 7) is 3.39. The van der Waals surface area contributed by atoms with Crippen molar-refractivity contribution in [1.29, 1.82) is 0 Å². The first-order valence-electron chi connectivity index (χ1n) is 29.9. The van der Waals surface area contributed by atoms with Crippen LogP contribution in [0.15, 0.2) is 9.59 Å². The van der Waals surface area contributed by atoms with Gasteiger partial charge in [-0.3, -0.25) is 9.59 Å². The molecule has 522 valence electrons. The lowest BCUT2D eigenvalue weighted by Crippen LogP contribution is -2.68. The molecule has 3 N–H and O–H groups in total. The second-order valence-electron chi connectivity index (χ2n) is 22.6. The number of anilines is 2. The topological polar surface area (TPSA) is 328 Å². The van der Waals surface area contributed by atoms with Gasteiger partial charge in [0.15, 0.2) is 31.5 Å². The molecule has 1 aromatic carbocycles. The summed E-state index contributed by atoms with van der Waals surface area (Å²) >= 11 is 0. The fourth-order valence-electron chi connectivity index (χ4n) is 13.4. The number of hydrogen-bond donors (Lipinski definition) is 3. The predicted molar refractivity (Wildman–Crippen MR) is 310 cm³/mol. The molecule has 0 radical (unpaired) electrons. The Morgan fingerprint density at radius 1 is 0.300 bits per heavy atom. The quantitative estimate of drug-likeness (QED) is 0.0643. The molecule has 7 rings (SSSR count). The van der Waals surface area contributed by atoms with E-state index < -0.39 is 195 Å². The molecule has 0 aromatic heterocycles. The van der Waals surface area contributed by atoms with Crippen molar-refractivity contribution in [3.63, 3.8) is 0 Å². The standard InChI is InChI=1S/C58H100N2O30/c1-25-32(43(69-8)49(75-14)55(81-25)87-41-30(23-66-5)85-57(52(78-17)47(41)73-12)89-39-28(21-64-3)83-27(20-61)38(68-7)45(39)71-10)59-34-35(37(63)36(34)62)60-33-26(2)82-56(50(76-15)44(33)70-9)88-42-31(24-67-6)86-58(53(79-18)48(42)74-13)90-40-29(22-65-4)84-54(80-19)51(77-16)46(40)72-11/h25-33,38-61H,20-24H2,1-19H3. The third kappa shape index (κ3) is 15.7. The zero-order valence-electron chi connectivity index (χ0n) is 55.1. The Bertz CT molecular complexity index is 2160. The van der Waals surface area contributed by atoms with Crippen LogP contribution in [0.1, 0.15) is 13.8 Å². The average Bonchev–Trinajstić information content (AvgIpc) is 0.781. The molecule has 0 amide bonds. The summed E-state index contributed by atoms with van der Waals surface area (Å²) in [7, 11) is 25.5. The van der Waals surface area contributed by atoms with Gasteiger partial charge in [-0.05, 0) is 13.8 Å². The summed E-state index contributed by atoms with van der Waals surface area (Å²) in [5.41, 5.74) is -1.66. The van der Waals surface area contributed by atoms with E-state index in [0.29, 0.717) is 0 Å². The summed E-state index contributed by atoms with van der Waals surface area (Å²) in [6, 6.07) is -1.63. The minimum absolute atomic E-state index is 0.00313. The SMILES string of the molecule is COCC1OC(CO)C(OC)C(OC)C1OC1OC(COC)C(OC2OC(C)C(Nc3c(NC4C(C)OC(OC5C(COC)OC(OC6C(COC)OC(OC)C(OC)C6OC)C(OC)C5OC)C(OC)C4OC)c(=O)c3=O)C(OC)C2OC)C(OC)C1OC. The van der Waals surface area contributed by atoms with Crippen LogP contribution in [0, 0.1) is 0 Å². The Hall–Kier alpha value is -2.44. The largest absolute Gasteiger partial charge is 0.394 e. The number of rotatable bonds is 34. The van der Waals surface area contributed by atoms with Gasteiger partial charge in [0.2, 0.25) is 0 Å². The summed E-state index contributed by atoms with van der Waals surface area (Å²) in [4.78, 5) is 27.5. The maximum atomic E-state index is 13.7. The maximum Gasteiger partial charge on any atom is 0.253 e. The van der Waals surface area contributed by atoms with Crippen LogP contribution in [0.5, 0.6) is 0 Å². The Kier molecular flexibility index (Phi) is 29.6. The van der Waals surface area contributed by atoms with Gasteiger partial charge in [0.1, 0.15) is 140 Å². The summed E-state index contributed by atoms with van der Waals surface area (Å²) in [5.74, 6) is 0. The smallest absolute Gasteiger partial charge is 0.253 e. The van der Waals surface area contributed by atoms with Crippen LogP contribution in [0.2, 0.25) is 0 Å². The third-order valence-corrected chi connectivity index (χ3v) is 17.8. The molecular weight excluding hydrogens is 1200 g/mol. The highest BCUT2D eigenvalue weighted by Crippen LogP contribution is 2.40. The van der Waals surface area contributed by atoms with Gasteiger partial charge in [-0.15, -0.1) is 0 Å². The molecule has 32 nitrogen and oxygen atoms in total. The zero-order valence-corrected chi connectivity index (χ0v) is 55.1. The van der Waals surface area contributed by atoms with Gasteiger partial charge in [0.05, 0.1) is 57.3 Å². The molecule has 6 heterocycles. The van der Waals surface area contributed by atoms with Crippen molar-refractivity contribution < 1.29 is 133 Å². The van der Waals surface area contributed by atoms with Crippen LogP contribution in [-0.2, 0) is 128 Å². The zero-order chi connectivity index (χ0) is 65.7. The van der Waals surface area contributed by atoms with E-state index in [2.05, 4.69) is 10.6 Å². The third-order valence-electron chi connectivity index (χ3n) is 17.8. The molecule has 1 aromatic rings. The van der Waals surface area contributed by atoms with Crippen molar-refractivity contribution >= 4 is 11.4 Å². The number of aliphatic hydroxyl groups is 1. The predicted octanol–water partition coefficient (Wildman–Crippen LogP) is -1.78. The molecule has 6 fully saturated rings. The monoisotopic (exact) mass is 1300 g/mol. The van der Waals surface area contributed by atoms with Gasteiger partial charge >= 0.3 is 0 Å². The molecule has 0 bridgehead atoms. The molecule has 6 aliphatic rings. The van der Waals surface area contributed by atoms with Crippen LogP contribution >= 0.6 is 0 Å². The Labute approximate surface area is 525 Å². The van der Waals surface area contributed by atoms with Gasteiger partial charge in [0.25, 0.3) is 10.9 Å². The molecule has 6 saturated heterocycles. The Morgan fingerprint density at radius 2 is 0.556 bits per heavy atom. The van der Waals surface area contributed by atoms with E-state index in [4.69, 9.17) is 128 Å². The normalized spacial score (nSPS) is 42.8. The number of hydrogen-bond acceptors (Lipinski definition) is 32. The number of ether oxygens (including phenoxy) is 27. The van der Waals surface area contributed by atoms with Gasteiger partial charge in [-0.2, -0.15) is 0 Å². The van der Waals surface area contributed by atoms with Crippen LogP contribution in [-0.4, -0.2) is 343 Å². The molecule has 32 heteroatoms. The van der Waals surface area contributed by atoms with E-state index in [0.717, 1.165) is 0 Å². The summed E-state index contributed by atoms with van der Waals surface area (Å²) in [6.07, 6.45) is -24.5. The Morgan fingerprint density at radius 3 is 0.833 bits per heavy atom. The van der Waals surface area contributed by atoms with Gasteiger partial charge in [-0.25, -0.2) is 0 Å². The molecule has 6 aliphatic heterocycles. The van der Waals surface area contributed by atoms with E-state index >= 15 is 0 Å². The fourth-order valence-corrected chi connectivity index (χ4v) is 13.4. The first-order valence-corrected chi connectivity index (χ1v) is 29.9. The van der Waals surface area contributed by atoms with E-state index in [1.54, 1.807) is 21.0 Å². The second-order valence-corrected chi connectivity index (χ2v) is 22.6. The average molecular weight is 1310 g/mol. The van der Waals surface area contributed by atoms with Crippen molar-refractivity contribution in [2.45, 2.75) is 198 Å². The van der Waals surface area contributed by atoms with Crippen LogP contribution in [0.4, 0.5) is 11.4 Å². The molecule has 0 spiro atoms. The Balaban J connectivity index is 1.06. The van der Waals surface area contributed by atoms with Crippen molar-refractivity contribution in [2.24, 2.45) is 0 Å². The van der Waals surface area contributed by atoms with Crippen LogP contribution in [0.3, 0.4) is 0 Å². The molecular formula is C58H100N2O30. The number of nitrogens with one attached hydrogen (secondary N) is 2. The van der Waals surface area contributed by atoms with Crippen molar-refractivity contribution in [2.75, 3.05) is 165 Å². The fraction of sp³-hybridized carbons (Fsp3) is 0.931. The number of aliphatic hydroxyl groups excluding tert-OH is 1. The number of methoxy groups -OCH3 is 17. The van der Waals surface area contributed by atoms with E-state index in [-0.39, 0.29) is 44.4 Å². The van der Waals surface area contributed by atoms with E-state index in [9.17, 15) is 14.7 Å². The van der Waals surface area contributed by atoms with Crippen LogP contribution < -0.4 is 21.5 Å². The first-order chi connectivity index (χ1) is 43.5. The lowest BCUT2D eigenvalue weighted by molar-refractivity contribution is -0.380. The molecule has 30 atom stereocenters. The molecule has 90 heavy (non-hydrogen) atoms. The van der Waals surface area contributed by atoms with Gasteiger partial charge in [-0.1, -0.05) is 0 Å². The van der Waals surface area contributed by atoms with Crippen molar-refractivity contribution in [3.05, 3.63) is 20.4 Å². The van der Waals surface area contributed by atoms with Gasteiger partial charge < -0.3 is 144 Å². The highest BCUT2D eigenvalue weighted by Gasteiger charge is 2.59. The van der Waals surface area contributed by atoms with Crippen molar-refractivity contribution in [1.82, 2.24) is 0 Å². The lowest BCUT2D eigenvalue weighted by Gasteiger charge is -2.51.